The molecule has 1 amide bonds. The summed E-state index contributed by atoms with van der Waals surface area (Å²) >= 11 is 0. The Kier molecular flexibility index (Phi) is 6.61. The molecule has 0 aliphatic rings. The van der Waals surface area contributed by atoms with Gasteiger partial charge in [0.2, 0.25) is 0 Å². The molecule has 1 aromatic carbocycles. The van der Waals surface area contributed by atoms with E-state index < -0.39 is 47.4 Å². The first kappa shape index (κ1) is 27.1. The minimum atomic E-state index is -7.33. The molecule has 1 atom stereocenters. The minimum absolute atomic E-state index is 0.0773. The maximum atomic E-state index is 14.4. The van der Waals surface area contributed by atoms with Gasteiger partial charge in [-0.15, -0.1) is 0 Å². The molecule has 0 saturated carbocycles. The Hall–Kier alpha value is -3.11. The number of benzene rings is 1. The number of hydrogen-bond acceptors (Lipinski definition) is 3. The molecule has 190 valence electrons. The first-order valence-electron chi connectivity index (χ1n) is 8.62. The zero-order valence-electron chi connectivity index (χ0n) is 16.7. The quantitative estimate of drug-likeness (QED) is 0.579. The molecule has 0 saturated heterocycles. The summed E-state index contributed by atoms with van der Waals surface area (Å²) in [6.07, 6.45) is -21.3. The first-order chi connectivity index (χ1) is 15.2. The smallest absolute Gasteiger partial charge is 0.315 e. The van der Waals surface area contributed by atoms with Crippen molar-refractivity contribution in [3.63, 3.8) is 0 Å². The fourth-order valence-corrected chi connectivity index (χ4v) is 2.54. The Balaban J connectivity index is 2.54. The van der Waals surface area contributed by atoms with Crippen LogP contribution in [0, 0.1) is 6.92 Å². The number of alkyl halides is 11. The molecule has 1 aromatic heterocycles. The van der Waals surface area contributed by atoms with Crippen LogP contribution >= 0.6 is 0 Å². The van der Waals surface area contributed by atoms with E-state index in [1.807, 2.05) is 0 Å². The second-order valence-electron chi connectivity index (χ2n) is 6.67. The minimum Gasteiger partial charge on any atom is -0.315 e. The van der Waals surface area contributed by atoms with Crippen molar-refractivity contribution in [1.29, 1.82) is 0 Å². The van der Waals surface area contributed by atoms with Gasteiger partial charge in [0, 0.05) is 7.05 Å². The predicted octanol–water partition coefficient (Wildman–Crippen LogP) is 4.46. The number of carbonyl (C=O) groups excluding carboxylic acids is 1. The average molecular weight is 515 g/mol. The highest BCUT2D eigenvalue weighted by Crippen LogP contribution is 2.51. The summed E-state index contributed by atoms with van der Waals surface area (Å²) in [5.41, 5.74) is -2.75. The summed E-state index contributed by atoms with van der Waals surface area (Å²) in [5.74, 6) is -17.1. The maximum absolute atomic E-state index is 14.4. The van der Waals surface area contributed by atoms with Crippen LogP contribution in [0.2, 0.25) is 0 Å². The Morgan fingerprint density at radius 3 is 1.82 bits per heavy atom. The number of rotatable bonds is 6. The molecule has 6 nitrogen and oxygen atoms in total. The van der Waals surface area contributed by atoms with Crippen molar-refractivity contribution in [1.82, 2.24) is 9.36 Å². The van der Waals surface area contributed by atoms with Gasteiger partial charge in [-0.1, -0.05) is 18.2 Å². The Morgan fingerprint density at radius 1 is 0.882 bits per heavy atom. The SMILES string of the molecule is Cc1c(NC(=O)C(F)(OC(F)(F)C(F)(F)C(F)(F)F)C(F)(F)F)c(=O)n(-c2ccccc2)n1C. The van der Waals surface area contributed by atoms with Crippen LogP contribution in [0.4, 0.5) is 54.0 Å². The molecule has 0 aliphatic heterocycles. The summed E-state index contributed by atoms with van der Waals surface area (Å²) in [6.45, 7) is 1.01. The summed E-state index contributed by atoms with van der Waals surface area (Å²) in [7, 11) is 1.15. The normalized spacial score (nSPS) is 15.2. The van der Waals surface area contributed by atoms with Crippen LogP contribution in [0.5, 0.6) is 0 Å². The summed E-state index contributed by atoms with van der Waals surface area (Å²) in [6, 6.07) is 7.02. The van der Waals surface area contributed by atoms with Crippen LogP contribution in [0.15, 0.2) is 35.1 Å². The van der Waals surface area contributed by atoms with Crippen molar-refractivity contribution in [3.05, 3.63) is 46.4 Å². The van der Waals surface area contributed by atoms with Crippen molar-refractivity contribution in [3.8, 4) is 5.69 Å². The predicted molar refractivity (Wildman–Crippen MR) is 91.3 cm³/mol. The van der Waals surface area contributed by atoms with Gasteiger partial charge in [0.25, 0.3) is 11.5 Å². The highest BCUT2D eigenvalue weighted by Gasteiger charge is 2.79. The zero-order chi connectivity index (χ0) is 26.5. The third-order valence-corrected chi connectivity index (χ3v) is 4.44. The van der Waals surface area contributed by atoms with Gasteiger partial charge in [-0.05, 0) is 19.1 Å². The summed E-state index contributed by atoms with van der Waals surface area (Å²) in [5, 5.41) is 0.997. The fraction of sp³-hybridized carbons (Fsp3) is 0.412. The molecule has 0 aliphatic carbocycles. The van der Waals surface area contributed by atoms with E-state index in [-0.39, 0.29) is 11.4 Å². The number of nitrogens with zero attached hydrogens (tertiary/aromatic N) is 2. The number of hydrogen-bond donors (Lipinski definition) is 1. The lowest BCUT2D eigenvalue weighted by atomic mass is 10.2. The molecule has 0 fully saturated rings. The third-order valence-electron chi connectivity index (χ3n) is 4.44. The second-order valence-corrected chi connectivity index (χ2v) is 6.67. The van der Waals surface area contributed by atoms with E-state index in [1.54, 1.807) is 0 Å². The molecule has 0 bridgehead atoms. The van der Waals surface area contributed by atoms with Crippen LogP contribution in [0.3, 0.4) is 0 Å². The summed E-state index contributed by atoms with van der Waals surface area (Å²) in [4.78, 5) is 24.5. The number of amides is 1. The van der Waals surface area contributed by atoms with Gasteiger partial charge in [0.15, 0.2) is 0 Å². The van der Waals surface area contributed by atoms with Gasteiger partial charge in [0.05, 0.1) is 11.4 Å². The number of nitrogens with one attached hydrogen (secondary N) is 1. The van der Waals surface area contributed by atoms with Crippen LogP contribution in [-0.2, 0) is 16.6 Å². The lowest BCUT2D eigenvalue weighted by Gasteiger charge is -2.34. The Bertz CT molecular complexity index is 1120. The zero-order valence-corrected chi connectivity index (χ0v) is 16.7. The molecule has 0 spiro atoms. The van der Waals surface area contributed by atoms with Gasteiger partial charge in [-0.25, -0.2) is 4.68 Å². The Labute approximate surface area is 181 Å². The number of carbonyl (C=O) groups is 1. The third kappa shape index (κ3) is 4.35. The van der Waals surface area contributed by atoms with Crippen LogP contribution in [0.25, 0.3) is 5.69 Å². The maximum Gasteiger partial charge on any atom is 0.462 e. The van der Waals surface area contributed by atoms with Crippen LogP contribution in [-0.4, -0.2) is 45.5 Å². The van der Waals surface area contributed by atoms with Crippen molar-refractivity contribution < 1.29 is 57.8 Å². The monoisotopic (exact) mass is 515 g/mol. The number of aromatic nitrogens is 2. The van der Waals surface area contributed by atoms with E-state index in [0.717, 1.165) is 28.7 Å². The molecular weight excluding hydrogens is 503 g/mol. The van der Waals surface area contributed by atoms with Crippen LogP contribution in [0.1, 0.15) is 5.69 Å². The molecule has 34 heavy (non-hydrogen) atoms. The second kappa shape index (κ2) is 8.28. The van der Waals surface area contributed by atoms with E-state index in [0.29, 0.717) is 0 Å². The largest absolute Gasteiger partial charge is 0.462 e. The lowest BCUT2D eigenvalue weighted by molar-refractivity contribution is -0.472. The molecule has 2 aromatic rings. The van der Waals surface area contributed by atoms with Crippen molar-refractivity contribution in [2.45, 2.75) is 37.2 Å². The lowest BCUT2D eigenvalue weighted by Crippen LogP contribution is -2.62. The fourth-order valence-electron chi connectivity index (χ4n) is 2.54. The highest BCUT2D eigenvalue weighted by atomic mass is 19.4. The number of anilines is 1. The average Bonchev–Trinajstić information content (AvgIpc) is 2.89. The number of para-hydroxylation sites is 1. The topological polar surface area (TPSA) is 65.3 Å². The summed E-state index contributed by atoms with van der Waals surface area (Å²) < 4.78 is 147. The number of halogens is 11. The first-order valence-corrected chi connectivity index (χ1v) is 8.62. The highest BCUT2D eigenvalue weighted by molar-refractivity contribution is 5.97. The molecule has 1 N–H and O–H groups in total. The molecule has 17 heteroatoms. The van der Waals surface area contributed by atoms with E-state index in [4.69, 9.17) is 0 Å². The van der Waals surface area contributed by atoms with E-state index in [2.05, 4.69) is 4.74 Å². The van der Waals surface area contributed by atoms with Crippen molar-refractivity contribution >= 4 is 11.6 Å². The molecule has 1 heterocycles. The van der Waals surface area contributed by atoms with Crippen molar-refractivity contribution in [2.75, 3.05) is 5.32 Å². The van der Waals surface area contributed by atoms with E-state index >= 15 is 0 Å². The van der Waals surface area contributed by atoms with Gasteiger partial charge in [0.1, 0.15) is 5.69 Å². The van der Waals surface area contributed by atoms with Crippen molar-refractivity contribution in [2.24, 2.45) is 7.05 Å². The standard InChI is InChI=1S/C17H12F11N3O3/c1-8-10(11(32)31(30(8)2)9-6-4-3-5-7-9)29-12(33)13(18,15(21,22)23)34-17(27,28)14(19,20)16(24,25)26/h3-7H,1-2H3,(H,29,33). The van der Waals surface area contributed by atoms with Gasteiger partial charge < -0.3 is 5.32 Å². The van der Waals surface area contributed by atoms with Gasteiger partial charge >= 0.3 is 30.2 Å². The van der Waals surface area contributed by atoms with E-state index in [1.165, 1.54) is 30.3 Å². The molecule has 1 unspecified atom stereocenters. The number of ether oxygens (including phenoxy) is 1. The van der Waals surface area contributed by atoms with E-state index in [9.17, 15) is 57.9 Å². The van der Waals surface area contributed by atoms with Crippen LogP contribution < -0.4 is 10.9 Å². The molecule has 0 radical (unpaired) electrons. The van der Waals surface area contributed by atoms with Gasteiger partial charge in [-0.2, -0.15) is 48.3 Å². The Morgan fingerprint density at radius 2 is 1.38 bits per heavy atom. The van der Waals surface area contributed by atoms with Gasteiger partial charge in [-0.3, -0.25) is 19.0 Å². The molecular formula is C17H12F11N3O3. The molecule has 2 rings (SSSR count).